The second-order valence-electron chi connectivity index (χ2n) is 4.19. The van der Waals surface area contributed by atoms with Gasteiger partial charge < -0.3 is 19.2 Å². The highest BCUT2D eigenvalue weighted by atomic mass is 16.7. The summed E-state index contributed by atoms with van der Waals surface area (Å²) in [6, 6.07) is 5.83. The van der Waals surface area contributed by atoms with Crippen molar-refractivity contribution >= 4 is 16.8 Å². The molecule has 0 radical (unpaired) electrons. The monoisotopic (exact) mass is 250 g/mol. The van der Waals surface area contributed by atoms with Gasteiger partial charge in [0.05, 0.1) is 6.04 Å². The standard InChI is InChI=1S/C13H18N2O3/c1-8(13(16-3)17-4)14-10-5-6-12-11(7-10)15-9(2)18-12/h5-8,13-14H,1-4H3. The molecular formula is C13H18N2O3. The molecule has 0 aliphatic heterocycles. The quantitative estimate of drug-likeness (QED) is 0.826. The fourth-order valence-corrected chi connectivity index (χ4v) is 1.97. The minimum atomic E-state index is -0.292. The molecule has 5 heteroatoms. The van der Waals surface area contributed by atoms with Crippen molar-refractivity contribution in [1.82, 2.24) is 4.98 Å². The average molecular weight is 250 g/mol. The van der Waals surface area contributed by atoms with Gasteiger partial charge in [-0.1, -0.05) is 0 Å². The van der Waals surface area contributed by atoms with Gasteiger partial charge in [0.1, 0.15) is 5.52 Å². The normalized spacial score (nSPS) is 13.2. The number of ether oxygens (including phenoxy) is 2. The topological polar surface area (TPSA) is 56.5 Å². The van der Waals surface area contributed by atoms with Crippen molar-refractivity contribution in [2.75, 3.05) is 19.5 Å². The van der Waals surface area contributed by atoms with Crippen LogP contribution in [-0.2, 0) is 9.47 Å². The van der Waals surface area contributed by atoms with E-state index < -0.39 is 0 Å². The smallest absolute Gasteiger partial charge is 0.192 e. The van der Waals surface area contributed by atoms with Crippen molar-refractivity contribution in [3.8, 4) is 0 Å². The number of aryl methyl sites for hydroxylation is 1. The van der Waals surface area contributed by atoms with Crippen LogP contribution in [0.4, 0.5) is 5.69 Å². The van der Waals surface area contributed by atoms with Crippen LogP contribution in [0, 0.1) is 6.92 Å². The molecule has 1 atom stereocenters. The van der Waals surface area contributed by atoms with Crippen molar-refractivity contribution in [3.05, 3.63) is 24.1 Å². The van der Waals surface area contributed by atoms with E-state index in [1.807, 2.05) is 32.0 Å². The summed E-state index contributed by atoms with van der Waals surface area (Å²) in [5.74, 6) is 0.668. The lowest BCUT2D eigenvalue weighted by atomic mass is 10.2. The Labute approximate surface area is 106 Å². The summed E-state index contributed by atoms with van der Waals surface area (Å²) < 4.78 is 15.8. The summed E-state index contributed by atoms with van der Waals surface area (Å²) in [5.41, 5.74) is 2.60. The van der Waals surface area contributed by atoms with Crippen LogP contribution in [0.3, 0.4) is 0 Å². The number of benzene rings is 1. The van der Waals surface area contributed by atoms with Gasteiger partial charge in [-0.2, -0.15) is 0 Å². The lowest BCUT2D eigenvalue weighted by molar-refractivity contribution is -0.109. The van der Waals surface area contributed by atoms with Gasteiger partial charge in [0.25, 0.3) is 0 Å². The number of nitrogens with zero attached hydrogens (tertiary/aromatic N) is 1. The zero-order valence-corrected chi connectivity index (χ0v) is 11.1. The number of fused-ring (bicyclic) bond motifs is 1. The summed E-state index contributed by atoms with van der Waals surface area (Å²) in [7, 11) is 3.24. The molecule has 5 nitrogen and oxygen atoms in total. The molecule has 0 saturated carbocycles. The molecule has 2 aromatic rings. The number of methoxy groups -OCH3 is 2. The van der Waals surface area contributed by atoms with Crippen LogP contribution in [0.2, 0.25) is 0 Å². The SMILES string of the molecule is COC(OC)C(C)Nc1ccc2oc(C)nc2c1. The van der Waals surface area contributed by atoms with E-state index in [1.165, 1.54) is 0 Å². The maximum absolute atomic E-state index is 5.43. The van der Waals surface area contributed by atoms with E-state index in [-0.39, 0.29) is 12.3 Å². The summed E-state index contributed by atoms with van der Waals surface area (Å²) in [4.78, 5) is 4.30. The van der Waals surface area contributed by atoms with Crippen LogP contribution in [0.25, 0.3) is 11.1 Å². The van der Waals surface area contributed by atoms with E-state index in [1.54, 1.807) is 14.2 Å². The van der Waals surface area contributed by atoms with Gasteiger partial charge in [0.2, 0.25) is 0 Å². The average Bonchev–Trinajstić information content (AvgIpc) is 2.70. The van der Waals surface area contributed by atoms with E-state index in [0.717, 1.165) is 16.8 Å². The third-order valence-electron chi connectivity index (χ3n) is 2.76. The summed E-state index contributed by atoms with van der Waals surface area (Å²) in [5, 5.41) is 3.31. The van der Waals surface area contributed by atoms with Crippen LogP contribution in [-0.4, -0.2) is 31.5 Å². The second kappa shape index (κ2) is 5.37. The highest BCUT2D eigenvalue weighted by Gasteiger charge is 2.15. The van der Waals surface area contributed by atoms with E-state index in [0.29, 0.717) is 5.89 Å². The Morgan fingerprint density at radius 1 is 1.28 bits per heavy atom. The first-order valence-electron chi connectivity index (χ1n) is 5.83. The summed E-state index contributed by atoms with van der Waals surface area (Å²) >= 11 is 0. The Balaban J connectivity index is 2.16. The zero-order chi connectivity index (χ0) is 13.1. The number of rotatable bonds is 5. The third kappa shape index (κ3) is 2.63. The van der Waals surface area contributed by atoms with Crippen molar-refractivity contribution < 1.29 is 13.9 Å². The minimum Gasteiger partial charge on any atom is -0.441 e. The molecule has 0 aliphatic carbocycles. The molecule has 1 unspecified atom stereocenters. The maximum atomic E-state index is 5.43. The molecule has 0 bridgehead atoms. The van der Waals surface area contributed by atoms with E-state index in [4.69, 9.17) is 13.9 Å². The zero-order valence-electron chi connectivity index (χ0n) is 11.1. The molecule has 0 saturated heterocycles. The fraction of sp³-hybridized carbons (Fsp3) is 0.462. The maximum Gasteiger partial charge on any atom is 0.192 e. The Morgan fingerprint density at radius 3 is 2.67 bits per heavy atom. The first-order chi connectivity index (χ1) is 8.63. The molecule has 1 N–H and O–H groups in total. The number of aromatic nitrogens is 1. The van der Waals surface area contributed by atoms with Crippen LogP contribution < -0.4 is 5.32 Å². The Hall–Kier alpha value is -1.59. The van der Waals surface area contributed by atoms with Crippen molar-refractivity contribution in [3.63, 3.8) is 0 Å². The molecule has 2 rings (SSSR count). The van der Waals surface area contributed by atoms with E-state index in [2.05, 4.69) is 10.3 Å². The number of hydrogen-bond donors (Lipinski definition) is 1. The van der Waals surface area contributed by atoms with Crippen LogP contribution in [0.5, 0.6) is 0 Å². The second-order valence-corrected chi connectivity index (χ2v) is 4.19. The molecule has 0 aliphatic rings. The van der Waals surface area contributed by atoms with Gasteiger partial charge in [0.15, 0.2) is 17.8 Å². The predicted octanol–water partition coefficient (Wildman–Crippen LogP) is 2.56. The molecule has 1 aromatic carbocycles. The molecule has 98 valence electrons. The first kappa shape index (κ1) is 12.9. The molecule has 1 aromatic heterocycles. The fourth-order valence-electron chi connectivity index (χ4n) is 1.97. The minimum absolute atomic E-state index is 0.0328. The lowest BCUT2D eigenvalue weighted by Crippen LogP contribution is -2.33. The van der Waals surface area contributed by atoms with Gasteiger partial charge in [-0.3, -0.25) is 0 Å². The molecule has 0 fully saturated rings. The third-order valence-corrected chi connectivity index (χ3v) is 2.76. The molecule has 0 spiro atoms. The highest BCUT2D eigenvalue weighted by molar-refractivity contribution is 5.77. The highest BCUT2D eigenvalue weighted by Crippen LogP contribution is 2.20. The summed E-state index contributed by atoms with van der Waals surface area (Å²) in [6.45, 7) is 3.83. The number of hydrogen-bond acceptors (Lipinski definition) is 5. The summed E-state index contributed by atoms with van der Waals surface area (Å²) in [6.07, 6.45) is -0.292. The number of oxazole rings is 1. The Morgan fingerprint density at radius 2 is 2.00 bits per heavy atom. The first-order valence-corrected chi connectivity index (χ1v) is 5.83. The van der Waals surface area contributed by atoms with Crippen LogP contribution in [0.15, 0.2) is 22.6 Å². The van der Waals surface area contributed by atoms with Crippen molar-refractivity contribution in [2.24, 2.45) is 0 Å². The number of nitrogens with one attached hydrogen (secondary N) is 1. The Kier molecular flexibility index (Phi) is 3.84. The van der Waals surface area contributed by atoms with Gasteiger partial charge in [-0.25, -0.2) is 4.98 Å². The van der Waals surface area contributed by atoms with E-state index in [9.17, 15) is 0 Å². The van der Waals surface area contributed by atoms with Gasteiger partial charge in [0, 0.05) is 26.8 Å². The van der Waals surface area contributed by atoms with Crippen molar-refractivity contribution in [2.45, 2.75) is 26.2 Å². The predicted molar refractivity (Wildman–Crippen MR) is 69.6 cm³/mol. The lowest BCUT2D eigenvalue weighted by Gasteiger charge is -2.22. The van der Waals surface area contributed by atoms with Crippen LogP contribution in [0.1, 0.15) is 12.8 Å². The van der Waals surface area contributed by atoms with Gasteiger partial charge >= 0.3 is 0 Å². The molecule has 0 amide bonds. The molecule has 1 heterocycles. The van der Waals surface area contributed by atoms with Gasteiger partial charge in [-0.05, 0) is 25.1 Å². The van der Waals surface area contributed by atoms with Crippen molar-refractivity contribution in [1.29, 1.82) is 0 Å². The van der Waals surface area contributed by atoms with Crippen LogP contribution >= 0.6 is 0 Å². The Bertz CT molecular complexity index is 520. The van der Waals surface area contributed by atoms with E-state index >= 15 is 0 Å². The van der Waals surface area contributed by atoms with Gasteiger partial charge in [-0.15, -0.1) is 0 Å². The molecular weight excluding hydrogens is 232 g/mol. The molecule has 18 heavy (non-hydrogen) atoms. The largest absolute Gasteiger partial charge is 0.441 e. The number of anilines is 1.